The van der Waals surface area contributed by atoms with Crippen molar-refractivity contribution in [2.45, 2.75) is 12.8 Å². The van der Waals surface area contributed by atoms with Crippen LogP contribution in [0.4, 0.5) is 4.39 Å². The summed E-state index contributed by atoms with van der Waals surface area (Å²) in [5.74, 6) is -0.186. The van der Waals surface area contributed by atoms with E-state index in [2.05, 4.69) is 27.3 Å². The predicted octanol–water partition coefficient (Wildman–Crippen LogP) is 2.74. The molecule has 1 aromatic rings. The van der Waals surface area contributed by atoms with Gasteiger partial charge in [-0.1, -0.05) is 24.3 Å². The number of hydrogen-bond donors (Lipinski definition) is 1. The lowest BCUT2D eigenvalue weighted by atomic mass is 10.2. The maximum Gasteiger partial charge on any atom is 0.168 e. The van der Waals surface area contributed by atoms with Gasteiger partial charge in [-0.3, -0.25) is 4.90 Å². The lowest BCUT2D eigenvalue weighted by Crippen LogP contribution is -2.51. The van der Waals surface area contributed by atoms with Gasteiger partial charge in [-0.15, -0.1) is 0 Å². The van der Waals surface area contributed by atoms with Crippen LogP contribution in [-0.4, -0.2) is 54.7 Å². The molecule has 0 unspecified atom stereocenters. The summed E-state index contributed by atoms with van der Waals surface area (Å²) in [5.41, 5.74) is 1.05. The Morgan fingerprint density at radius 3 is 2.55 bits per heavy atom. The summed E-state index contributed by atoms with van der Waals surface area (Å²) in [7, 11) is 1.88. The highest BCUT2D eigenvalue weighted by Crippen LogP contribution is 2.07. The van der Waals surface area contributed by atoms with Gasteiger partial charge in [0.15, 0.2) is 5.11 Å². The molecule has 1 N–H and O–H groups in total. The van der Waals surface area contributed by atoms with Crippen molar-refractivity contribution in [2.24, 2.45) is 0 Å². The fourth-order valence-electron chi connectivity index (χ4n) is 2.56. The monoisotopic (exact) mass is 321 g/mol. The standard InChI is InChI=1S/C17H24FN3S/c1-19-17(22)21-13-11-20(12-14-21)10-4-2-3-5-15-6-8-16(18)9-7-15/h3,5-9H,2,4,10-14H2,1H3,(H,19,22). The molecule has 1 saturated heterocycles. The first-order valence-corrected chi connectivity index (χ1v) is 8.21. The van der Waals surface area contributed by atoms with E-state index >= 15 is 0 Å². The second-order valence-electron chi connectivity index (χ2n) is 5.48. The van der Waals surface area contributed by atoms with Gasteiger partial charge in [0.1, 0.15) is 5.82 Å². The van der Waals surface area contributed by atoms with Crippen molar-refractivity contribution in [2.75, 3.05) is 39.8 Å². The highest BCUT2D eigenvalue weighted by atomic mass is 32.1. The molecule has 0 bridgehead atoms. The Kier molecular flexibility index (Phi) is 6.80. The van der Waals surface area contributed by atoms with E-state index in [1.165, 1.54) is 12.1 Å². The molecule has 3 nitrogen and oxygen atoms in total. The van der Waals surface area contributed by atoms with Crippen molar-refractivity contribution in [1.29, 1.82) is 0 Å². The number of hydrogen-bond acceptors (Lipinski definition) is 2. The zero-order valence-electron chi connectivity index (χ0n) is 13.1. The highest BCUT2D eigenvalue weighted by molar-refractivity contribution is 7.80. The van der Waals surface area contributed by atoms with Crippen LogP contribution in [0.3, 0.4) is 0 Å². The van der Waals surface area contributed by atoms with Crippen molar-refractivity contribution in [3.63, 3.8) is 0 Å². The van der Waals surface area contributed by atoms with Gasteiger partial charge in [0.05, 0.1) is 0 Å². The van der Waals surface area contributed by atoms with Crippen LogP contribution in [0.1, 0.15) is 18.4 Å². The molecule has 1 aromatic carbocycles. The molecule has 0 aromatic heterocycles. The van der Waals surface area contributed by atoms with Crippen LogP contribution in [0.25, 0.3) is 6.08 Å². The van der Waals surface area contributed by atoms with E-state index < -0.39 is 0 Å². The van der Waals surface area contributed by atoms with E-state index in [4.69, 9.17) is 12.2 Å². The SMILES string of the molecule is CNC(=S)N1CCN(CCCC=Cc2ccc(F)cc2)CC1. The second-order valence-corrected chi connectivity index (χ2v) is 5.87. The van der Waals surface area contributed by atoms with Crippen molar-refractivity contribution in [3.05, 3.63) is 41.7 Å². The third kappa shape index (κ3) is 5.39. The van der Waals surface area contributed by atoms with Gasteiger partial charge in [0.2, 0.25) is 0 Å². The molecule has 0 saturated carbocycles. The number of rotatable bonds is 5. The van der Waals surface area contributed by atoms with Gasteiger partial charge < -0.3 is 10.2 Å². The molecule has 0 aliphatic carbocycles. The molecule has 0 atom stereocenters. The molecule has 1 aliphatic heterocycles. The molecular weight excluding hydrogens is 297 g/mol. The third-order valence-electron chi connectivity index (χ3n) is 3.90. The minimum atomic E-state index is -0.186. The molecule has 120 valence electrons. The summed E-state index contributed by atoms with van der Waals surface area (Å²) in [6.45, 7) is 5.27. The first-order valence-electron chi connectivity index (χ1n) is 7.80. The van der Waals surface area contributed by atoms with Crippen LogP contribution in [0.5, 0.6) is 0 Å². The van der Waals surface area contributed by atoms with Gasteiger partial charge in [0.25, 0.3) is 0 Å². The number of allylic oxidation sites excluding steroid dienone is 1. The van der Waals surface area contributed by atoms with E-state index in [-0.39, 0.29) is 5.82 Å². The van der Waals surface area contributed by atoms with E-state index in [9.17, 15) is 4.39 Å². The zero-order chi connectivity index (χ0) is 15.8. The minimum absolute atomic E-state index is 0.186. The van der Waals surface area contributed by atoms with E-state index in [1.807, 2.05) is 7.05 Å². The maximum atomic E-state index is 12.8. The van der Waals surface area contributed by atoms with Gasteiger partial charge in [0, 0.05) is 33.2 Å². The van der Waals surface area contributed by atoms with Crippen molar-refractivity contribution >= 4 is 23.4 Å². The highest BCUT2D eigenvalue weighted by Gasteiger charge is 2.17. The molecule has 1 fully saturated rings. The molecule has 0 amide bonds. The number of nitrogens with zero attached hydrogens (tertiary/aromatic N) is 2. The van der Waals surface area contributed by atoms with Crippen LogP contribution in [0.2, 0.25) is 0 Å². The summed E-state index contributed by atoms with van der Waals surface area (Å²) in [6.07, 6.45) is 6.42. The Morgan fingerprint density at radius 2 is 1.91 bits per heavy atom. The zero-order valence-corrected chi connectivity index (χ0v) is 13.9. The Bertz CT molecular complexity index is 493. The molecule has 2 rings (SSSR count). The lowest BCUT2D eigenvalue weighted by Gasteiger charge is -2.35. The first kappa shape index (κ1) is 16.9. The van der Waals surface area contributed by atoms with Crippen LogP contribution < -0.4 is 5.32 Å². The van der Waals surface area contributed by atoms with Crippen LogP contribution >= 0.6 is 12.2 Å². The number of piperazine rings is 1. The molecular formula is C17H24FN3S. The summed E-state index contributed by atoms with van der Waals surface area (Å²) in [4.78, 5) is 4.71. The normalized spacial score (nSPS) is 16.2. The van der Waals surface area contributed by atoms with Gasteiger partial charge in [-0.2, -0.15) is 0 Å². The quantitative estimate of drug-likeness (QED) is 0.664. The topological polar surface area (TPSA) is 18.5 Å². The Balaban J connectivity index is 1.61. The average Bonchev–Trinajstić information content (AvgIpc) is 2.56. The average molecular weight is 321 g/mol. The Hall–Kier alpha value is -1.46. The summed E-state index contributed by atoms with van der Waals surface area (Å²) in [5, 5.41) is 3.88. The summed E-state index contributed by atoms with van der Waals surface area (Å²) < 4.78 is 12.8. The minimum Gasteiger partial charge on any atom is -0.366 e. The number of thiocarbonyl (C=S) groups is 1. The maximum absolute atomic E-state index is 12.8. The summed E-state index contributed by atoms with van der Waals surface area (Å²) in [6, 6.07) is 6.59. The number of unbranched alkanes of at least 4 members (excludes halogenated alkanes) is 1. The van der Waals surface area contributed by atoms with Crippen molar-refractivity contribution < 1.29 is 4.39 Å². The van der Waals surface area contributed by atoms with Crippen LogP contribution in [0, 0.1) is 5.82 Å². The third-order valence-corrected chi connectivity index (χ3v) is 4.36. The molecule has 0 radical (unpaired) electrons. The first-order chi connectivity index (χ1) is 10.7. The van der Waals surface area contributed by atoms with Crippen molar-refractivity contribution in [1.82, 2.24) is 15.1 Å². The molecule has 1 heterocycles. The van der Waals surface area contributed by atoms with Crippen molar-refractivity contribution in [3.8, 4) is 0 Å². The predicted molar refractivity (Wildman–Crippen MR) is 94.3 cm³/mol. The lowest BCUT2D eigenvalue weighted by molar-refractivity contribution is 0.180. The fraction of sp³-hybridized carbons (Fsp3) is 0.471. The molecule has 22 heavy (non-hydrogen) atoms. The van der Waals surface area contributed by atoms with E-state index in [0.717, 1.165) is 56.2 Å². The molecule has 5 heteroatoms. The smallest absolute Gasteiger partial charge is 0.168 e. The van der Waals surface area contributed by atoms with Gasteiger partial charge in [-0.05, 0) is 49.3 Å². The molecule has 1 aliphatic rings. The van der Waals surface area contributed by atoms with Crippen LogP contribution in [0.15, 0.2) is 30.3 Å². The largest absolute Gasteiger partial charge is 0.366 e. The van der Waals surface area contributed by atoms with E-state index in [0.29, 0.717) is 0 Å². The number of benzene rings is 1. The summed E-state index contributed by atoms with van der Waals surface area (Å²) >= 11 is 5.25. The number of nitrogens with one attached hydrogen (secondary N) is 1. The van der Waals surface area contributed by atoms with E-state index in [1.54, 1.807) is 12.1 Å². The van der Waals surface area contributed by atoms with Gasteiger partial charge in [-0.25, -0.2) is 4.39 Å². The number of halogens is 1. The van der Waals surface area contributed by atoms with Gasteiger partial charge >= 0.3 is 0 Å². The van der Waals surface area contributed by atoms with Crippen LogP contribution in [-0.2, 0) is 0 Å². The second kappa shape index (κ2) is 8.86. The fourth-order valence-corrected chi connectivity index (χ4v) is 2.74. The molecule has 0 spiro atoms. The Labute approximate surface area is 137 Å². The Morgan fingerprint density at radius 1 is 1.23 bits per heavy atom.